The molecule has 0 saturated heterocycles. The van der Waals surface area contributed by atoms with Crippen LogP contribution in [0.1, 0.15) is 26.3 Å². The first kappa shape index (κ1) is 14.5. The molecule has 0 heterocycles. The molecule has 0 aliphatic heterocycles. The molecule has 0 radical (unpaired) electrons. The number of nitrogens with zero attached hydrogens (tertiary/aromatic N) is 1. The first-order valence-electron chi connectivity index (χ1n) is 5.83. The van der Waals surface area contributed by atoms with Gasteiger partial charge < -0.3 is 9.64 Å². The third-order valence-corrected chi connectivity index (χ3v) is 3.03. The van der Waals surface area contributed by atoms with E-state index < -0.39 is 0 Å². The van der Waals surface area contributed by atoms with Gasteiger partial charge in [-0.1, -0.05) is 26.8 Å². The summed E-state index contributed by atoms with van der Waals surface area (Å²) in [5.74, 6) is 0.882. The van der Waals surface area contributed by atoms with Crippen LogP contribution in [-0.4, -0.2) is 25.6 Å². The van der Waals surface area contributed by atoms with Crippen molar-refractivity contribution in [2.45, 2.75) is 27.3 Å². The van der Waals surface area contributed by atoms with Crippen molar-refractivity contribution in [3.05, 3.63) is 28.2 Å². The van der Waals surface area contributed by atoms with Gasteiger partial charge in [-0.25, -0.2) is 0 Å². The summed E-state index contributed by atoms with van der Waals surface area (Å²) >= 11 is 3.52. The fourth-order valence-corrected chi connectivity index (χ4v) is 2.57. The zero-order chi connectivity index (χ0) is 13.1. The van der Waals surface area contributed by atoms with Crippen LogP contribution >= 0.6 is 15.9 Å². The highest BCUT2D eigenvalue weighted by molar-refractivity contribution is 9.10. The largest absolute Gasteiger partial charge is 0.496 e. The number of halogens is 1. The monoisotopic (exact) mass is 299 g/mol. The normalized spacial score (nSPS) is 11.9. The number of benzene rings is 1. The highest BCUT2D eigenvalue weighted by Gasteiger charge is 2.13. The van der Waals surface area contributed by atoms with E-state index in [0.29, 0.717) is 5.41 Å². The molecule has 0 N–H and O–H groups in total. The maximum atomic E-state index is 5.23. The topological polar surface area (TPSA) is 12.5 Å². The Hall–Kier alpha value is -0.540. The minimum absolute atomic E-state index is 0.332. The molecule has 96 valence electrons. The van der Waals surface area contributed by atoms with E-state index in [9.17, 15) is 0 Å². The van der Waals surface area contributed by atoms with Crippen molar-refractivity contribution in [2.75, 3.05) is 20.7 Å². The Morgan fingerprint density at radius 3 is 2.41 bits per heavy atom. The van der Waals surface area contributed by atoms with Gasteiger partial charge in [0.1, 0.15) is 5.75 Å². The third-order valence-electron chi connectivity index (χ3n) is 2.41. The molecule has 0 spiro atoms. The molecule has 17 heavy (non-hydrogen) atoms. The molecule has 3 heteroatoms. The molecule has 0 bridgehead atoms. The van der Waals surface area contributed by atoms with Crippen LogP contribution < -0.4 is 4.74 Å². The molecule has 0 saturated carbocycles. The van der Waals surface area contributed by atoms with Gasteiger partial charge in [-0.2, -0.15) is 0 Å². The van der Waals surface area contributed by atoms with Gasteiger partial charge in [-0.3, -0.25) is 0 Å². The molecule has 1 rings (SSSR count). The lowest BCUT2D eigenvalue weighted by atomic mass is 9.96. The van der Waals surface area contributed by atoms with Crippen molar-refractivity contribution in [3.8, 4) is 5.75 Å². The van der Waals surface area contributed by atoms with Gasteiger partial charge in [-0.15, -0.1) is 0 Å². The first-order chi connectivity index (χ1) is 7.81. The van der Waals surface area contributed by atoms with Crippen LogP contribution in [0.4, 0.5) is 0 Å². The summed E-state index contributed by atoms with van der Waals surface area (Å²) in [5.41, 5.74) is 1.63. The molecule has 0 atom stereocenters. The van der Waals surface area contributed by atoms with Crippen LogP contribution in [0, 0.1) is 5.41 Å². The predicted octanol–water partition coefficient (Wildman–Crippen LogP) is 3.94. The van der Waals surface area contributed by atoms with Crippen LogP contribution in [0.25, 0.3) is 0 Å². The van der Waals surface area contributed by atoms with Crippen molar-refractivity contribution in [1.29, 1.82) is 0 Å². The molecule has 2 nitrogen and oxygen atoms in total. The van der Waals surface area contributed by atoms with E-state index in [1.54, 1.807) is 7.11 Å². The summed E-state index contributed by atoms with van der Waals surface area (Å²) in [6, 6.07) is 6.24. The van der Waals surface area contributed by atoms with Crippen molar-refractivity contribution < 1.29 is 4.74 Å². The number of ether oxygens (including phenoxy) is 1. The Labute approximate surface area is 113 Å². The second-order valence-corrected chi connectivity index (χ2v) is 6.56. The lowest BCUT2D eigenvalue weighted by Crippen LogP contribution is -2.28. The maximum Gasteiger partial charge on any atom is 0.133 e. The second kappa shape index (κ2) is 5.87. The molecule has 0 aliphatic rings. The predicted molar refractivity (Wildman–Crippen MR) is 76.5 cm³/mol. The molecule has 0 unspecified atom stereocenters. The number of hydrogen-bond donors (Lipinski definition) is 0. The summed E-state index contributed by atoms with van der Waals surface area (Å²) in [6.07, 6.45) is 0. The fourth-order valence-electron chi connectivity index (χ4n) is 1.99. The van der Waals surface area contributed by atoms with Crippen molar-refractivity contribution in [3.63, 3.8) is 0 Å². The molecule has 0 fully saturated rings. The second-order valence-electron chi connectivity index (χ2n) is 5.70. The molecule has 0 aromatic heterocycles. The first-order valence-corrected chi connectivity index (χ1v) is 6.62. The van der Waals surface area contributed by atoms with E-state index in [1.165, 1.54) is 5.56 Å². The van der Waals surface area contributed by atoms with Crippen LogP contribution in [0.5, 0.6) is 5.75 Å². The quantitative estimate of drug-likeness (QED) is 0.835. The molecular weight excluding hydrogens is 278 g/mol. The molecule has 1 aromatic carbocycles. The highest BCUT2D eigenvalue weighted by Crippen LogP contribution is 2.26. The van der Waals surface area contributed by atoms with E-state index in [2.05, 4.69) is 60.8 Å². The van der Waals surface area contributed by atoms with Gasteiger partial charge in [0.05, 0.1) is 11.6 Å². The van der Waals surface area contributed by atoms with Crippen molar-refractivity contribution in [1.82, 2.24) is 4.90 Å². The van der Waals surface area contributed by atoms with E-state index in [4.69, 9.17) is 4.74 Å². The van der Waals surface area contributed by atoms with Crippen LogP contribution in [-0.2, 0) is 6.54 Å². The lowest BCUT2D eigenvalue weighted by Gasteiger charge is -2.26. The van der Waals surface area contributed by atoms with E-state index in [-0.39, 0.29) is 0 Å². The summed E-state index contributed by atoms with van der Waals surface area (Å²) in [5, 5.41) is 0. The Kier molecular flexibility index (Phi) is 5.02. The number of hydrogen-bond acceptors (Lipinski definition) is 2. The van der Waals surface area contributed by atoms with Gasteiger partial charge in [0.25, 0.3) is 0 Å². The lowest BCUT2D eigenvalue weighted by molar-refractivity contribution is 0.220. The molecule has 1 aromatic rings. The summed E-state index contributed by atoms with van der Waals surface area (Å²) in [4.78, 5) is 2.34. The average molecular weight is 300 g/mol. The van der Waals surface area contributed by atoms with Gasteiger partial charge in [0.15, 0.2) is 0 Å². The minimum atomic E-state index is 0.332. The smallest absolute Gasteiger partial charge is 0.133 e. The Balaban J connectivity index is 2.66. The highest BCUT2D eigenvalue weighted by atomic mass is 79.9. The summed E-state index contributed by atoms with van der Waals surface area (Å²) in [6.45, 7) is 8.81. The molecule has 0 aliphatic carbocycles. The summed E-state index contributed by atoms with van der Waals surface area (Å²) < 4.78 is 6.24. The van der Waals surface area contributed by atoms with E-state index >= 15 is 0 Å². The fraction of sp³-hybridized carbons (Fsp3) is 0.571. The number of methoxy groups -OCH3 is 1. The van der Waals surface area contributed by atoms with Crippen LogP contribution in [0.15, 0.2) is 22.7 Å². The van der Waals surface area contributed by atoms with Crippen LogP contribution in [0.3, 0.4) is 0 Å². The van der Waals surface area contributed by atoms with Gasteiger partial charge >= 0.3 is 0 Å². The van der Waals surface area contributed by atoms with E-state index in [0.717, 1.165) is 23.3 Å². The van der Waals surface area contributed by atoms with Crippen molar-refractivity contribution in [2.24, 2.45) is 5.41 Å². The zero-order valence-electron chi connectivity index (χ0n) is 11.4. The van der Waals surface area contributed by atoms with Crippen molar-refractivity contribution >= 4 is 15.9 Å². The third kappa shape index (κ3) is 5.09. The average Bonchev–Trinajstić information content (AvgIpc) is 2.14. The molecule has 0 amide bonds. The Morgan fingerprint density at radius 1 is 1.29 bits per heavy atom. The zero-order valence-corrected chi connectivity index (χ0v) is 13.0. The molecular formula is C14H22BrNO. The maximum absolute atomic E-state index is 5.23. The van der Waals surface area contributed by atoms with Gasteiger partial charge in [0, 0.05) is 13.1 Å². The van der Waals surface area contributed by atoms with E-state index in [1.807, 2.05) is 6.07 Å². The van der Waals surface area contributed by atoms with Gasteiger partial charge in [0.2, 0.25) is 0 Å². The Bertz CT molecular complexity index is 371. The Morgan fingerprint density at radius 2 is 1.94 bits per heavy atom. The minimum Gasteiger partial charge on any atom is -0.496 e. The summed E-state index contributed by atoms with van der Waals surface area (Å²) in [7, 11) is 3.84. The van der Waals surface area contributed by atoms with Crippen LogP contribution in [0.2, 0.25) is 0 Å². The standard InChI is InChI=1S/C14H22BrNO/c1-14(2,3)10-16(4)9-11-6-7-13(17-5)12(15)8-11/h6-8H,9-10H2,1-5H3. The SMILES string of the molecule is COc1ccc(CN(C)CC(C)(C)C)cc1Br. The van der Waals surface area contributed by atoms with Gasteiger partial charge in [-0.05, 0) is 46.1 Å². The number of rotatable bonds is 4.